The summed E-state index contributed by atoms with van der Waals surface area (Å²) in [5.74, 6) is -4.63. The Morgan fingerprint density at radius 1 is 1.09 bits per heavy atom. The molecule has 4 heterocycles. The maximum Gasteiger partial charge on any atom is 0.511 e. The predicted molar refractivity (Wildman–Crippen MR) is 150 cm³/mol. The lowest BCUT2D eigenvalue weighted by Gasteiger charge is -2.34. The Balaban J connectivity index is 1.23. The number of hydrogen-bond donors (Lipinski definition) is 1. The Morgan fingerprint density at radius 3 is 2.63 bits per heavy atom. The molecule has 1 aromatic carbocycles. The lowest BCUT2D eigenvalue weighted by molar-refractivity contribution is -0.148. The van der Waals surface area contributed by atoms with Crippen molar-refractivity contribution in [1.82, 2.24) is 19.7 Å². The van der Waals surface area contributed by atoms with Crippen LogP contribution in [0.3, 0.4) is 0 Å². The average molecular weight is 651 g/mol. The Hall–Kier alpha value is -4.61. The maximum atomic E-state index is 14.1. The summed E-state index contributed by atoms with van der Waals surface area (Å²) in [5.41, 5.74) is -1.71. The van der Waals surface area contributed by atoms with Gasteiger partial charge in [0, 0.05) is 44.0 Å². The summed E-state index contributed by atoms with van der Waals surface area (Å²) in [6, 6.07) is 2.50. The van der Waals surface area contributed by atoms with Crippen molar-refractivity contribution in [1.29, 1.82) is 0 Å². The molecule has 3 aliphatic heterocycles. The number of ether oxygens (including phenoxy) is 6. The molecule has 1 aromatic heterocycles. The standard InChI is InChI=1S/C29H32F2N4O11/c1-17-14-43-22-13-34-12-20(27(38)32-11-18-2-3-19(30)10-21(18)31)25(37)26(24(34)28(39)35(17)22)45-16-46-29(40)44-15-23(36)42-9-6-33-4-7-41-8-5-33/h2-3,10,12,17,22H,4-9,11,13-16H2,1H3,(H,32,38)/t17-,22+/m0/s1. The first-order valence-electron chi connectivity index (χ1n) is 14.4. The molecule has 2 saturated heterocycles. The van der Waals surface area contributed by atoms with Gasteiger partial charge in [0.1, 0.15) is 23.8 Å². The Kier molecular flexibility index (Phi) is 10.4. The first-order chi connectivity index (χ1) is 22.1. The van der Waals surface area contributed by atoms with E-state index in [1.807, 2.05) is 0 Å². The molecule has 15 nitrogen and oxygen atoms in total. The van der Waals surface area contributed by atoms with Crippen LogP contribution in [0.4, 0.5) is 13.6 Å². The molecule has 0 spiro atoms. The van der Waals surface area contributed by atoms with Crippen molar-refractivity contribution in [3.05, 3.63) is 63.1 Å². The molecule has 0 radical (unpaired) electrons. The molecule has 1 N–H and O–H groups in total. The smallest absolute Gasteiger partial charge is 0.462 e. The summed E-state index contributed by atoms with van der Waals surface area (Å²) >= 11 is 0. The van der Waals surface area contributed by atoms with Gasteiger partial charge in [-0.05, 0) is 13.0 Å². The third-order valence-electron chi connectivity index (χ3n) is 7.50. The van der Waals surface area contributed by atoms with Gasteiger partial charge in [0.05, 0.1) is 32.4 Å². The van der Waals surface area contributed by atoms with Gasteiger partial charge in [-0.1, -0.05) is 6.07 Å². The van der Waals surface area contributed by atoms with Crippen LogP contribution in [-0.4, -0.2) is 110 Å². The summed E-state index contributed by atoms with van der Waals surface area (Å²) in [4.78, 5) is 67.4. The number of esters is 1. The molecule has 5 rings (SSSR count). The van der Waals surface area contributed by atoms with Crippen LogP contribution in [0.1, 0.15) is 33.3 Å². The number of amides is 2. The molecule has 2 atom stereocenters. The third kappa shape index (κ3) is 7.60. The van der Waals surface area contributed by atoms with Crippen LogP contribution in [0.15, 0.2) is 29.2 Å². The summed E-state index contributed by atoms with van der Waals surface area (Å²) < 4.78 is 59.6. The lowest BCUT2D eigenvalue weighted by Crippen LogP contribution is -2.49. The van der Waals surface area contributed by atoms with Crippen molar-refractivity contribution in [2.45, 2.75) is 32.3 Å². The van der Waals surface area contributed by atoms with Crippen LogP contribution in [0.5, 0.6) is 5.75 Å². The largest absolute Gasteiger partial charge is 0.511 e. The highest BCUT2D eigenvalue weighted by Crippen LogP contribution is 2.30. The number of morpholine rings is 1. The highest BCUT2D eigenvalue weighted by atomic mass is 19.1. The number of hydrogen-bond acceptors (Lipinski definition) is 12. The molecule has 0 aliphatic carbocycles. The topological polar surface area (TPSA) is 164 Å². The van der Waals surface area contributed by atoms with Crippen molar-refractivity contribution >= 4 is 23.9 Å². The summed E-state index contributed by atoms with van der Waals surface area (Å²) in [6.07, 6.45) is -0.834. The maximum absolute atomic E-state index is 14.1. The zero-order chi connectivity index (χ0) is 32.8. The zero-order valence-corrected chi connectivity index (χ0v) is 24.8. The highest BCUT2D eigenvalue weighted by Gasteiger charge is 2.43. The van der Waals surface area contributed by atoms with Crippen LogP contribution in [0.2, 0.25) is 0 Å². The fourth-order valence-corrected chi connectivity index (χ4v) is 5.14. The van der Waals surface area contributed by atoms with Crippen molar-refractivity contribution in [2.75, 3.05) is 59.5 Å². The minimum Gasteiger partial charge on any atom is -0.462 e. The van der Waals surface area contributed by atoms with Gasteiger partial charge in [-0.15, -0.1) is 0 Å². The number of fused-ring (bicyclic) bond motifs is 2. The van der Waals surface area contributed by atoms with Crippen molar-refractivity contribution in [2.24, 2.45) is 0 Å². The number of aromatic nitrogens is 1. The van der Waals surface area contributed by atoms with E-state index < -0.39 is 71.9 Å². The van der Waals surface area contributed by atoms with E-state index in [1.165, 1.54) is 9.47 Å². The predicted octanol–water partition coefficient (Wildman–Crippen LogP) is 0.622. The Morgan fingerprint density at radius 2 is 1.87 bits per heavy atom. The van der Waals surface area contributed by atoms with E-state index in [-0.39, 0.29) is 43.6 Å². The molecule has 2 aromatic rings. The SMILES string of the molecule is C[C@H]1CO[C@@H]2Cn3cc(C(=O)NCc4ccc(F)cc4F)c(=O)c(OCOC(=O)OCC(=O)OCCN4CCOCC4)c3C(=O)N12. The van der Waals surface area contributed by atoms with Crippen LogP contribution in [0, 0.1) is 11.6 Å². The average Bonchev–Trinajstić information content (AvgIpc) is 3.41. The van der Waals surface area contributed by atoms with Crippen molar-refractivity contribution in [3.8, 4) is 5.75 Å². The molecule has 17 heteroatoms. The van der Waals surface area contributed by atoms with Gasteiger partial charge in [-0.25, -0.2) is 18.4 Å². The van der Waals surface area contributed by atoms with Gasteiger partial charge in [0.25, 0.3) is 11.8 Å². The van der Waals surface area contributed by atoms with Gasteiger partial charge in [0.15, 0.2) is 18.5 Å². The molecular formula is C29H32F2N4O11. The highest BCUT2D eigenvalue weighted by molar-refractivity contribution is 5.99. The van der Waals surface area contributed by atoms with Crippen molar-refractivity contribution in [3.63, 3.8) is 0 Å². The molecule has 3 aliphatic rings. The van der Waals surface area contributed by atoms with Crippen LogP contribution >= 0.6 is 0 Å². The second kappa shape index (κ2) is 14.7. The minimum absolute atomic E-state index is 0.0312. The summed E-state index contributed by atoms with van der Waals surface area (Å²) in [6.45, 7) is 3.23. The van der Waals surface area contributed by atoms with E-state index in [4.69, 9.17) is 28.4 Å². The van der Waals surface area contributed by atoms with E-state index in [0.717, 1.165) is 18.3 Å². The number of carbonyl (C=O) groups is 4. The number of carbonyl (C=O) groups excluding carboxylic acids is 4. The summed E-state index contributed by atoms with van der Waals surface area (Å²) in [7, 11) is 0. The zero-order valence-electron chi connectivity index (χ0n) is 24.8. The van der Waals surface area contributed by atoms with Crippen LogP contribution < -0.4 is 15.5 Å². The first-order valence-corrected chi connectivity index (χ1v) is 14.4. The fourth-order valence-electron chi connectivity index (χ4n) is 5.14. The second-order valence-corrected chi connectivity index (χ2v) is 10.6. The number of nitrogens with zero attached hydrogens (tertiary/aromatic N) is 3. The van der Waals surface area contributed by atoms with E-state index in [1.54, 1.807) is 6.92 Å². The number of rotatable bonds is 11. The molecule has 0 unspecified atom stereocenters. The monoisotopic (exact) mass is 650 g/mol. The van der Waals surface area contributed by atoms with Crippen molar-refractivity contribution < 1.29 is 56.4 Å². The molecular weight excluding hydrogens is 618 g/mol. The van der Waals surface area contributed by atoms with Gasteiger partial charge < -0.3 is 43.2 Å². The van der Waals surface area contributed by atoms with Gasteiger partial charge in [-0.3, -0.25) is 19.3 Å². The Bertz CT molecular complexity index is 1550. The van der Waals surface area contributed by atoms with Crippen LogP contribution in [-0.2, 0) is 41.6 Å². The number of pyridine rings is 1. The van der Waals surface area contributed by atoms with E-state index >= 15 is 0 Å². The molecule has 0 bridgehead atoms. The fraction of sp³-hybridized carbons (Fsp3) is 0.483. The van der Waals surface area contributed by atoms with Gasteiger partial charge in [-0.2, -0.15) is 0 Å². The molecule has 248 valence electrons. The molecule has 0 saturated carbocycles. The van der Waals surface area contributed by atoms with E-state index in [9.17, 15) is 32.8 Å². The van der Waals surface area contributed by atoms with Gasteiger partial charge >= 0.3 is 12.1 Å². The molecule has 2 fully saturated rings. The Labute approximate surface area is 260 Å². The molecule has 2 amide bonds. The van der Waals surface area contributed by atoms with Crippen LogP contribution in [0.25, 0.3) is 0 Å². The number of nitrogens with one attached hydrogen (secondary N) is 1. The van der Waals surface area contributed by atoms with E-state index in [2.05, 4.69) is 10.2 Å². The van der Waals surface area contributed by atoms with Gasteiger partial charge in [0.2, 0.25) is 18.0 Å². The molecule has 46 heavy (non-hydrogen) atoms. The number of halogens is 2. The minimum atomic E-state index is -1.32. The quantitative estimate of drug-likeness (QED) is 0.267. The lowest BCUT2D eigenvalue weighted by atomic mass is 10.1. The first kappa shape index (κ1) is 32.8. The summed E-state index contributed by atoms with van der Waals surface area (Å²) in [5, 5.41) is 2.40. The second-order valence-electron chi connectivity index (χ2n) is 10.6. The normalized spacial score (nSPS) is 19.2. The van der Waals surface area contributed by atoms with E-state index in [0.29, 0.717) is 38.9 Å². The number of benzene rings is 1. The third-order valence-corrected chi connectivity index (χ3v) is 7.50.